The van der Waals surface area contributed by atoms with Gasteiger partial charge >= 0.3 is 0 Å². The fourth-order valence-corrected chi connectivity index (χ4v) is 2.90. The SMILES string of the molecule is O=C(NCC1CCN(Cc2ccccc2)CC1)c1cn[nH]c1. The number of amides is 1. The van der Waals surface area contributed by atoms with Crippen molar-refractivity contribution < 1.29 is 4.79 Å². The maximum absolute atomic E-state index is 11.9. The summed E-state index contributed by atoms with van der Waals surface area (Å²) < 4.78 is 0. The third-order valence-electron chi connectivity index (χ3n) is 4.27. The van der Waals surface area contributed by atoms with Crippen LogP contribution in [0.5, 0.6) is 0 Å². The highest BCUT2D eigenvalue weighted by atomic mass is 16.1. The molecule has 1 aliphatic rings. The van der Waals surface area contributed by atoms with Crippen molar-refractivity contribution in [1.82, 2.24) is 20.4 Å². The summed E-state index contributed by atoms with van der Waals surface area (Å²) in [7, 11) is 0. The molecule has 3 rings (SSSR count). The van der Waals surface area contributed by atoms with Crippen LogP contribution in [0.3, 0.4) is 0 Å². The van der Waals surface area contributed by atoms with Gasteiger partial charge in [0.2, 0.25) is 0 Å². The molecule has 2 heterocycles. The molecule has 1 amide bonds. The van der Waals surface area contributed by atoms with Gasteiger partial charge in [-0.1, -0.05) is 30.3 Å². The molecule has 22 heavy (non-hydrogen) atoms. The van der Waals surface area contributed by atoms with Crippen LogP contribution >= 0.6 is 0 Å². The number of hydrogen-bond donors (Lipinski definition) is 2. The first-order valence-corrected chi connectivity index (χ1v) is 7.84. The Morgan fingerprint density at radius 3 is 2.73 bits per heavy atom. The first kappa shape index (κ1) is 14.8. The van der Waals surface area contributed by atoms with Crippen LogP contribution in [0.25, 0.3) is 0 Å². The number of aromatic nitrogens is 2. The molecule has 116 valence electrons. The van der Waals surface area contributed by atoms with Crippen LogP contribution in [0.4, 0.5) is 0 Å². The van der Waals surface area contributed by atoms with Gasteiger partial charge < -0.3 is 5.32 Å². The molecule has 0 radical (unpaired) electrons. The van der Waals surface area contributed by atoms with E-state index in [1.54, 1.807) is 12.4 Å². The van der Waals surface area contributed by atoms with E-state index in [2.05, 4.69) is 50.7 Å². The molecule has 0 unspecified atom stereocenters. The van der Waals surface area contributed by atoms with Gasteiger partial charge in [0.15, 0.2) is 0 Å². The molecule has 0 aliphatic carbocycles. The molecule has 1 saturated heterocycles. The summed E-state index contributed by atoms with van der Waals surface area (Å²) in [5.74, 6) is 0.531. The maximum Gasteiger partial charge on any atom is 0.254 e. The fraction of sp³-hybridized carbons (Fsp3) is 0.412. The molecule has 2 aromatic rings. The van der Waals surface area contributed by atoms with Gasteiger partial charge in [-0.3, -0.25) is 14.8 Å². The van der Waals surface area contributed by atoms with Gasteiger partial charge in [0.1, 0.15) is 0 Å². The minimum atomic E-state index is -0.0412. The van der Waals surface area contributed by atoms with E-state index in [9.17, 15) is 4.79 Å². The Kier molecular flexibility index (Phi) is 4.85. The number of rotatable bonds is 5. The van der Waals surface area contributed by atoms with E-state index in [-0.39, 0.29) is 5.91 Å². The number of piperidine rings is 1. The van der Waals surface area contributed by atoms with Crippen LogP contribution in [-0.2, 0) is 6.54 Å². The minimum absolute atomic E-state index is 0.0412. The van der Waals surface area contributed by atoms with E-state index in [0.29, 0.717) is 11.5 Å². The Bertz CT molecular complexity index is 574. The van der Waals surface area contributed by atoms with Crippen molar-refractivity contribution in [2.45, 2.75) is 19.4 Å². The topological polar surface area (TPSA) is 61.0 Å². The van der Waals surface area contributed by atoms with Gasteiger partial charge in [-0.15, -0.1) is 0 Å². The fourth-order valence-electron chi connectivity index (χ4n) is 2.90. The molecule has 1 aromatic heterocycles. The average Bonchev–Trinajstić information content (AvgIpc) is 3.09. The van der Waals surface area contributed by atoms with Crippen molar-refractivity contribution in [2.75, 3.05) is 19.6 Å². The average molecular weight is 298 g/mol. The Balaban J connectivity index is 1.39. The second-order valence-electron chi connectivity index (χ2n) is 5.90. The van der Waals surface area contributed by atoms with E-state index in [0.717, 1.165) is 39.0 Å². The largest absolute Gasteiger partial charge is 0.352 e. The normalized spacial score (nSPS) is 16.5. The highest BCUT2D eigenvalue weighted by molar-refractivity contribution is 5.93. The van der Waals surface area contributed by atoms with Crippen LogP contribution in [0, 0.1) is 5.92 Å². The highest BCUT2D eigenvalue weighted by Gasteiger charge is 2.20. The quantitative estimate of drug-likeness (QED) is 0.888. The number of H-pyrrole nitrogens is 1. The number of benzene rings is 1. The number of likely N-dealkylation sites (tertiary alicyclic amines) is 1. The van der Waals surface area contributed by atoms with Crippen LogP contribution in [0.1, 0.15) is 28.8 Å². The van der Waals surface area contributed by atoms with Crippen LogP contribution < -0.4 is 5.32 Å². The van der Waals surface area contributed by atoms with Crippen molar-refractivity contribution in [3.05, 3.63) is 53.9 Å². The Morgan fingerprint density at radius 1 is 1.27 bits per heavy atom. The van der Waals surface area contributed by atoms with Gasteiger partial charge in [0.25, 0.3) is 5.91 Å². The molecular formula is C17H22N4O. The van der Waals surface area contributed by atoms with Gasteiger partial charge in [0, 0.05) is 19.3 Å². The Labute approximate surface area is 130 Å². The van der Waals surface area contributed by atoms with E-state index in [1.165, 1.54) is 5.56 Å². The maximum atomic E-state index is 11.9. The third kappa shape index (κ3) is 3.95. The van der Waals surface area contributed by atoms with E-state index in [1.807, 2.05) is 0 Å². The van der Waals surface area contributed by atoms with Crippen molar-refractivity contribution in [3.8, 4) is 0 Å². The number of nitrogens with one attached hydrogen (secondary N) is 2. The molecule has 2 N–H and O–H groups in total. The summed E-state index contributed by atoms with van der Waals surface area (Å²) in [6.07, 6.45) is 5.45. The number of aromatic amines is 1. The van der Waals surface area contributed by atoms with Crippen molar-refractivity contribution in [1.29, 1.82) is 0 Å². The smallest absolute Gasteiger partial charge is 0.254 e. The summed E-state index contributed by atoms with van der Waals surface area (Å²) in [5.41, 5.74) is 1.97. The number of carbonyl (C=O) groups excluding carboxylic acids is 1. The summed E-state index contributed by atoms with van der Waals surface area (Å²) >= 11 is 0. The Morgan fingerprint density at radius 2 is 2.05 bits per heavy atom. The zero-order valence-corrected chi connectivity index (χ0v) is 12.7. The van der Waals surface area contributed by atoms with Gasteiger partial charge in [-0.05, 0) is 37.4 Å². The zero-order chi connectivity index (χ0) is 15.2. The molecular weight excluding hydrogens is 276 g/mol. The van der Waals surface area contributed by atoms with Crippen LogP contribution in [0.15, 0.2) is 42.7 Å². The summed E-state index contributed by atoms with van der Waals surface area (Å²) in [6, 6.07) is 10.6. The molecule has 1 aromatic carbocycles. The lowest BCUT2D eigenvalue weighted by Gasteiger charge is -2.32. The third-order valence-corrected chi connectivity index (χ3v) is 4.27. The zero-order valence-electron chi connectivity index (χ0n) is 12.7. The lowest BCUT2D eigenvalue weighted by Crippen LogP contribution is -2.38. The van der Waals surface area contributed by atoms with Crippen molar-refractivity contribution in [3.63, 3.8) is 0 Å². The predicted molar refractivity (Wildman–Crippen MR) is 85.4 cm³/mol. The van der Waals surface area contributed by atoms with Crippen LogP contribution in [0.2, 0.25) is 0 Å². The standard InChI is InChI=1S/C17H22N4O/c22-17(16-11-19-20-12-16)18-10-14-6-8-21(9-7-14)13-15-4-2-1-3-5-15/h1-5,11-12,14H,6-10,13H2,(H,18,22)(H,19,20). The first-order chi connectivity index (χ1) is 10.8. The summed E-state index contributed by atoms with van der Waals surface area (Å²) in [5, 5.41) is 9.46. The summed E-state index contributed by atoms with van der Waals surface area (Å²) in [4.78, 5) is 14.4. The molecule has 5 heteroatoms. The second-order valence-corrected chi connectivity index (χ2v) is 5.90. The molecule has 0 saturated carbocycles. The first-order valence-electron chi connectivity index (χ1n) is 7.84. The highest BCUT2D eigenvalue weighted by Crippen LogP contribution is 2.18. The molecule has 5 nitrogen and oxygen atoms in total. The number of hydrogen-bond acceptors (Lipinski definition) is 3. The van der Waals surface area contributed by atoms with Gasteiger partial charge in [-0.25, -0.2) is 0 Å². The second kappa shape index (κ2) is 7.22. The van der Waals surface area contributed by atoms with Gasteiger partial charge in [-0.2, -0.15) is 5.10 Å². The summed E-state index contributed by atoms with van der Waals surface area (Å²) in [6.45, 7) is 3.97. The van der Waals surface area contributed by atoms with Gasteiger partial charge in [0.05, 0.1) is 11.8 Å². The van der Waals surface area contributed by atoms with Crippen molar-refractivity contribution in [2.24, 2.45) is 5.92 Å². The van der Waals surface area contributed by atoms with Crippen LogP contribution in [-0.4, -0.2) is 40.6 Å². The lowest BCUT2D eigenvalue weighted by atomic mass is 9.96. The number of carbonyl (C=O) groups is 1. The molecule has 0 bridgehead atoms. The molecule has 0 spiro atoms. The molecule has 1 fully saturated rings. The monoisotopic (exact) mass is 298 g/mol. The Hall–Kier alpha value is -2.14. The van der Waals surface area contributed by atoms with E-state index < -0.39 is 0 Å². The van der Waals surface area contributed by atoms with E-state index >= 15 is 0 Å². The molecule has 1 aliphatic heterocycles. The minimum Gasteiger partial charge on any atom is -0.352 e. The van der Waals surface area contributed by atoms with E-state index in [4.69, 9.17) is 0 Å². The number of nitrogens with zero attached hydrogens (tertiary/aromatic N) is 2. The van der Waals surface area contributed by atoms with Crippen molar-refractivity contribution >= 4 is 5.91 Å². The molecule has 0 atom stereocenters. The predicted octanol–water partition coefficient (Wildman–Crippen LogP) is 2.05. The lowest BCUT2D eigenvalue weighted by molar-refractivity contribution is 0.0935.